The number of nitrogens with zero attached hydrogens (tertiary/aromatic N) is 1. The quantitative estimate of drug-likeness (QED) is 0.503. The van der Waals surface area contributed by atoms with Gasteiger partial charge in [-0.05, 0) is 34.5 Å². The summed E-state index contributed by atoms with van der Waals surface area (Å²) in [4.78, 5) is 12.3. The number of hydrogen-bond acceptors (Lipinski definition) is 4. The highest BCUT2D eigenvalue weighted by atomic mass is 16.5. The van der Waals surface area contributed by atoms with E-state index in [1.54, 1.807) is 24.5 Å². The molecule has 0 unspecified atom stereocenters. The number of hydrogen-bond donors (Lipinski definition) is 0. The molecule has 0 amide bonds. The summed E-state index contributed by atoms with van der Waals surface area (Å²) < 4.78 is 11.0. The van der Waals surface area contributed by atoms with Crippen LogP contribution in [0.4, 0.5) is 0 Å². The fourth-order valence-corrected chi connectivity index (χ4v) is 3.11. The van der Waals surface area contributed by atoms with Crippen molar-refractivity contribution in [2.75, 3.05) is 0 Å². The second-order valence-electron chi connectivity index (χ2n) is 6.07. The molecule has 0 aliphatic rings. The summed E-state index contributed by atoms with van der Waals surface area (Å²) in [5, 5.41) is 12.0. The lowest BCUT2D eigenvalue weighted by Crippen LogP contribution is -2.07. The van der Waals surface area contributed by atoms with Crippen LogP contribution in [0.3, 0.4) is 0 Å². The van der Waals surface area contributed by atoms with Gasteiger partial charge >= 0.3 is 5.97 Å². The summed E-state index contributed by atoms with van der Waals surface area (Å²) in [5.41, 5.74) is 2.91. The molecule has 0 atom stereocenters. The molecule has 0 aliphatic heterocycles. The van der Waals surface area contributed by atoms with E-state index in [-0.39, 0.29) is 19.0 Å². The summed E-state index contributed by atoms with van der Waals surface area (Å²) in [6.45, 7) is 0.144. The lowest BCUT2D eigenvalue weighted by atomic mass is 10.0. The van der Waals surface area contributed by atoms with Crippen molar-refractivity contribution in [2.45, 2.75) is 13.0 Å². The van der Waals surface area contributed by atoms with Crippen molar-refractivity contribution in [2.24, 2.45) is 0 Å². The highest BCUT2D eigenvalue weighted by Crippen LogP contribution is 2.30. The van der Waals surface area contributed by atoms with E-state index in [2.05, 4.69) is 6.07 Å². The lowest BCUT2D eigenvalue weighted by Gasteiger charge is -2.05. The number of ether oxygens (including phenoxy) is 1. The number of nitriles is 1. The van der Waals surface area contributed by atoms with Crippen LogP contribution in [-0.4, -0.2) is 5.97 Å². The molecule has 0 N–H and O–H groups in total. The summed E-state index contributed by atoms with van der Waals surface area (Å²) in [6, 6.07) is 21.0. The number of esters is 1. The third kappa shape index (κ3) is 3.03. The monoisotopic (exact) mass is 341 g/mol. The topological polar surface area (TPSA) is 63.2 Å². The van der Waals surface area contributed by atoms with Crippen LogP contribution in [0.15, 0.2) is 71.3 Å². The molecule has 4 aromatic rings. The van der Waals surface area contributed by atoms with Crippen LogP contribution >= 0.6 is 0 Å². The first-order chi connectivity index (χ1) is 12.7. The molecule has 0 saturated heterocycles. The van der Waals surface area contributed by atoms with E-state index in [0.717, 1.165) is 32.9 Å². The second-order valence-corrected chi connectivity index (χ2v) is 6.07. The average Bonchev–Trinajstić information content (AvgIpc) is 3.10. The first kappa shape index (κ1) is 15.9. The SMILES string of the molecule is N#Cc1cccc(COC(=O)Cc2coc3ccc4ccccc4c23)c1. The van der Waals surface area contributed by atoms with Gasteiger partial charge in [0.1, 0.15) is 12.2 Å². The maximum absolute atomic E-state index is 12.3. The van der Waals surface area contributed by atoms with Crippen LogP contribution in [0, 0.1) is 11.3 Å². The van der Waals surface area contributed by atoms with Gasteiger partial charge in [-0.1, -0.05) is 42.5 Å². The number of carbonyl (C=O) groups excluding carboxylic acids is 1. The van der Waals surface area contributed by atoms with Crippen LogP contribution in [0.5, 0.6) is 0 Å². The number of fused-ring (bicyclic) bond motifs is 3. The Balaban J connectivity index is 1.54. The van der Waals surface area contributed by atoms with Crippen LogP contribution in [0.25, 0.3) is 21.7 Å². The normalized spacial score (nSPS) is 10.7. The fourth-order valence-electron chi connectivity index (χ4n) is 3.11. The molecule has 0 spiro atoms. The van der Waals surface area contributed by atoms with Gasteiger partial charge in [-0.3, -0.25) is 4.79 Å². The third-order valence-electron chi connectivity index (χ3n) is 4.33. The lowest BCUT2D eigenvalue weighted by molar-refractivity contribution is -0.144. The fraction of sp³-hybridized carbons (Fsp3) is 0.0909. The second kappa shape index (κ2) is 6.73. The number of rotatable bonds is 4. The van der Waals surface area contributed by atoms with Crippen molar-refractivity contribution in [3.8, 4) is 6.07 Å². The van der Waals surface area contributed by atoms with Crippen molar-refractivity contribution in [1.29, 1.82) is 5.26 Å². The van der Waals surface area contributed by atoms with Gasteiger partial charge in [-0.2, -0.15) is 5.26 Å². The Morgan fingerprint density at radius 1 is 1.08 bits per heavy atom. The van der Waals surface area contributed by atoms with Gasteiger partial charge in [0.25, 0.3) is 0 Å². The molecule has 1 aromatic heterocycles. The molecule has 0 saturated carbocycles. The number of benzene rings is 3. The Kier molecular flexibility index (Phi) is 4.12. The maximum Gasteiger partial charge on any atom is 0.310 e. The van der Waals surface area contributed by atoms with E-state index >= 15 is 0 Å². The smallest absolute Gasteiger partial charge is 0.310 e. The molecule has 4 rings (SSSR count). The molecule has 0 aliphatic carbocycles. The Labute approximate surface area is 150 Å². The van der Waals surface area contributed by atoms with E-state index in [1.165, 1.54) is 0 Å². The molecular formula is C22H15NO3. The summed E-state index contributed by atoms with van der Waals surface area (Å²) in [6.07, 6.45) is 1.76. The van der Waals surface area contributed by atoms with Crippen LogP contribution in [-0.2, 0) is 22.6 Å². The Hall–Kier alpha value is -3.58. The highest BCUT2D eigenvalue weighted by Gasteiger charge is 2.14. The summed E-state index contributed by atoms with van der Waals surface area (Å²) in [5.74, 6) is -0.331. The third-order valence-corrected chi connectivity index (χ3v) is 4.33. The van der Waals surface area contributed by atoms with Crippen LogP contribution in [0.1, 0.15) is 16.7 Å². The standard InChI is InChI=1S/C22H15NO3/c23-12-15-4-3-5-16(10-15)13-26-21(24)11-18-14-25-20-9-8-17-6-1-2-7-19(17)22(18)20/h1-10,14H,11,13H2. The molecular weight excluding hydrogens is 326 g/mol. The first-order valence-electron chi connectivity index (χ1n) is 8.27. The Morgan fingerprint density at radius 3 is 2.85 bits per heavy atom. The summed E-state index contributed by atoms with van der Waals surface area (Å²) >= 11 is 0. The molecule has 3 aromatic carbocycles. The molecule has 1 heterocycles. The number of carbonyl (C=O) groups is 1. The molecule has 126 valence electrons. The zero-order valence-electron chi connectivity index (χ0n) is 13.9. The molecule has 4 heteroatoms. The largest absolute Gasteiger partial charge is 0.464 e. The maximum atomic E-state index is 12.3. The Bertz CT molecular complexity index is 1150. The average molecular weight is 341 g/mol. The van der Waals surface area contributed by atoms with E-state index in [0.29, 0.717) is 5.56 Å². The predicted octanol–water partition coefficient (Wildman–Crippen LogP) is 4.74. The van der Waals surface area contributed by atoms with Crippen molar-refractivity contribution in [3.05, 3.63) is 83.6 Å². The van der Waals surface area contributed by atoms with Crippen molar-refractivity contribution in [3.63, 3.8) is 0 Å². The van der Waals surface area contributed by atoms with E-state index in [9.17, 15) is 4.79 Å². The van der Waals surface area contributed by atoms with E-state index in [4.69, 9.17) is 14.4 Å². The zero-order chi connectivity index (χ0) is 17.9. The number of furan rings is 1. The van der Waals surface area contributed by atoms with Gasteiger partial charge in [-0.15, -0.1) is 0 Å². The van der Waals surface area contributed by atoms with Gasteiger partial charge in [0.2, 0.25) is 0 Å². The summed E-state index contributed by atoms with van der Waals surface area (Å²) in [7, 11) is 0. The molecule has 26 heavy (non-hydrogen) atoms. The Morgan fingerprint density at radius 2 is 1.96 bits per heavy atom. The van der Waals surface area contributed by atoms with Crippen LogP contribution in [0.2, 0.25) is 0 Å². The predicted molar refractivity (Wildman–Crippen MR) is 98.4 cm³/mol. The van der Waals surface area contributed by atoms with Gasteiger partial charge in [0.15, 0.2) is 0 Å². The van der Waals surface area contributed by atoms with Gasteiger partial charge < -0.3 is 9.15 Å². The molecule has 0 fully saturated rings. The van der Waals surface area contributed by atoms with Gasteiger partial charge in [-0.25, -0.2) is 0 Å². The van der Waals surface area contributed by atoms with Crippen LogP contribution < -0.4 is 0 Å². The molecule has 0 bridgehead atoms. The minimum absolute atomic E-state index is 0.138. The highest BCUT2D eigenvalue weighted by molar-refractivity contribution is 6.08. The van der Waals surface area contributed by atoms with Crippen molar-refractivity contribution in [1.82, 2.24) is 0 Å². The van der Waals surface area contributed by atoms with E-state index < -0.39 is 0 Å². The first-order valence-corrected chi connectivity index (χ1v) is 8.27. The zero-order valence-corrected chi connectivity index (χ0v) is 13.9. The van der Waals surface area contributed by atoms with Gasteiger partial charge in [0.05, 0.1) is 24.3 Å². The van der Waals surface area contributed by atoms with Crippen molar-refractivity contribution >= 4 is 27.7 Å². The van der Waals surface area contributed by atoms with Gasteiger partial charge in [0, 0.05) is 10.9 Å². The van der Waals surface area contributed by atoms with E-state index in [1.807, 2.05) is 42.5 Å². The van der Waals surface area contributed by atoms with Crippen molar-refractivity contribution < 1.29 is 13.9 Å². The minimum Gasteiger partial charge on any atom is -0.464 e. The molecule has 4 nitrogen and oxygen atoms in total. The minimum atomic E-state index is -0.331. The molecule has 0 radical (unpaired) electrons.